The third kappa shape index (κ3) is 4.93. The highest BCUT2D eigenvalue weighted by molar-refractivity contribution is 5.97. The lowest BCUT2D eigenvalue weighted by Crippen LogP contribution is -2.47. The Morgan fingerprint density at radius 1 is 1.09 bits per heavy atom. The van der Waals surface area contributed by atoms with Gasteiger partial charge in [-0.15, -0.1) is 5.10 Å². The second kappa shape index (κ2) is 10.00. The maximum Gasteiger partial charge on any atom is 0.249 e. The predicted octanol–water partition coefficient (Wildman–Crippen LogP) is 5.26. The van der Waals surface area contributed by atoms with Crippen LogP contribution in [0.15, 0.2) is 53.6 Å². The van der Waals surface area contributed by atoms with Gasteiger partial charge in [-0.25, -0.2) is 8.78 Å². The zero-order valence-electron chi connectivity index (χ0n) is 19.3. The molecule has 176 valence electrons. The van der Waals surface area contributed by atoms with Gasteiger partial charge in [0.15, 0.2) is 0 Å². The summed E-state index contributed by atoms with van der Waals surface area (Å²) in [6, 6.07) is 12.6. The van der Waals surface area contributed by atoms with E-state index >= 15 is 0 Å². The molecule has 0 radical (unpaired) electrons. The highest BCUT2D eigenvalue weighted by Crippen LogP contribution is 2.42. The van der Waals surface area contributed by atoms with Crippen molar-refractivity contribution >= 4 is 11.8 Å². The van der Waals surface area contributed by atoms with Crippen LogP contribution < -0.4 is 0 Å². The number of nitrogens with zero attached hydrogens (tertiary/aromatic N) is 3. The Hall–Kier alpha value is -2.80. The fourth-order valence-corrected chi connectivity index (χ4v) is 4.54. The van der Waals surface area contributed by atoms with Gasteiger partial charge in [0.2, 0.25) is 17.5 Å². The van der Waals surface area contributed by atoms with E-state index < -0.39 is 17.4 Å². The molecule has 0 spiro atoms. The van der Waals surface area contributed by atoms with Gasteiger partial charge in [0.05, 0.1) is 5.56 Å². The van der Waals surface area contributed by atoms with Crippen molar-refractivity contribution in [3.05, 3.63) is 71.3 Å². The Balaban J connectivity index is 1.71. The first kappa shape index (κ1) is 23.4. The van der Waals surface area contributed by atoms with Crippen molar-refractivity contribution in [3.8, 4) is 0 Å². The Bertz CT molecular complexity index is 1010. The standard InChI is InChI=1S/C26H31F2N3O2/c1-19(2)25(32)31-26(20-10-5-3-6-11-20,14-9-17-30-15-7-4-8-16-30)33-24(29-31)22-18-21(27)12-13-23(22)28/h3,5-6,10-13,18-19H,4,7-9,14-17H2,1-2H3. The molecule has 2 aliphatic heterocycles. The van der Waals surface area contributed by atoms with Crippen molar-refractivity contribution in [2.45, 2.75) is 51.7 Å². The molecule has 2 aromatic rings. The summed E-state index contributed by atoms with van der Waals surface area (Å²) in [4.78, 5) is 15.7. The molecule has 0 aliphatic carbocycles. The average molecular weight is 456 g/mol. The predicted molar refractivity (Wildman–Crippen MR) is 123 cm³/mol. The van der Waals surface area contributed by atoms with Crippen molar-refractivity contribution in [1.29, 1.82) is 0 Å². The number of likely N-dealkylation sites (tertiary alicyclic amines) is 1. The third-order valence-corrected chi connectivity index (χ3v) is 6.32. The number of hydrazone groups is 1. The minimum atomic E-state index is -1.22. The molecule has 0 bridgehead atoms. The molecule has 4 rings (SSSR count). The largest absolute Gasteiger partial charge is 0.443 e. The van der Waals surface area contributed by atoms with Gasteiger partial charge in [-0.2, -0.15) is 5.01 Å². The number of halogens is 2. The number of ether oxygens (including phenoxy) is 1. The summed E-state index contributed by atoms with van der Waals surface area (Å²) in [6.07, 6.45) is 4.91. The second-order valence-electron chi connectivity index (χ2n) is 9.09. The average Bonchev–Trinajstić information content (AvgIpc) is 3.21. The van der Waals surface area contributed by atoms with Gasteiger partial charge < -0.3 is 9.64 Å². The summed E-state index contributed by atoms with van der Waals surface area (Å²) >= 11 is 0. The quantitative estimate of drug-likeness (QED) is 0.572. The summed E-state index contributed by atoms with van der Waals surface area (Å²) in [7, 11) is 0. The summed E-state index contributed by atoms with van der Waals surface area (Å²) in [5.74, 6) is -1.91. The number of piperidine rings is 1. The fraction of sp³-hybridized carbons (Fsp3) is 0.462. The zero-order valence-corrected chi connectivity index (χ0v) is 19.3. The summed E-state index contributed by atoms with van der Waals surface area (Å²) < 4.78 is 34.9. The molecule has 33 heavy (non-hydrogen) atoms. The Labute approximate surface area is 194 Å². The highest BCUT2D eigenvalue weighted by atomic mass is 19.1. The van der Waals surface area contributed by atoms with Crippen LogP contribution in [0.3, 0.4) is 0 Å². The van der Waals surface area contributed by atoms with Crippen molar-refractivity contribution < 1.29 is 18.3 Å². The molecule has 1 amide bonds. The first-order chi connectivity index (χ1) is 15.9. The minimum Gasteiger partial charge on any atom is -0.443 e. The Morgan fingerprint density at radius 3 is 2.52 bits per heavy atom. The van der Waals surface area contributed by atoms with Gasteiger partial charge in [0, 0.05) is 17.9 Å². The highest BCUT2D eigenvalue weighted by Gasteiger charge is 2.50. The molecular weight excluding hydrogens is 424 g/mol. The number of hydrogen-bond donors (Lipinski definition) is 0. The van der Waals surface area contributed by atoms with E-state index in [0.717, 1.165) is 49.8 Å². The summed E-state index contributed by atoms with van der Waals surface area (Å²) in [5, 5.41) is 5.78. The lowest BCUT2D eigenvalue weighted by Gasteiger charge is -2.37. The van der Waals surface area contributed by atoms with Crippen LogP contribution in [0.1, 0.15) is 57.1 Å². The molecule has 1 atom stereocenters. The van der Waals surface area contributed by atoms with Crippen LogP contribution in [0.4, 0.5) is 8.78 Å². The van der Waals surface area contributed by atoms with E-state index in [1.165, 1.54) is 24.3 Å². The minimum absolute atomic E-state index is 0.0807. The van der Waals surface area contributed by atoms with Crippen LogP contribution in [-0.2, 0) is 15.3 Å². The molecule has 0 N–H and O–H groups in total. The Kier molecular flexibility index (Phi) is 7.08. The topological polar surface area (TPSA) is 45.1 Å². The molecule has 2 heterocycles. The second-order valence-corrected chi connectivity index (χ2v) is 9.09. The van der Waals surface area contributed by atoms with Crippen molar-refractivity contribution in [1.82, 2.24) is 9.91 Å². The summed E-state index contributed by atoms with van der Waals surface area (Å²) in [5.41, 5.74) is -0.550. The van der Waals surface area contributed by atoms with Crippen LogP contribution in [-0.4, -0.2) is 41.3 Å². The van der Waals surface area contributed by atoms with Crippen LogP contribution in [0.25, 0.3) is 0 Å². The normalized spacial score (nSPS) is 21.2. The van der Waals surface area contributed by atoms with E-state index in [1.54, 1.807) is 13.8 Å². The van der Waals surface area contributed by atoms with E-state index in [2.05, 4.69) is 10.0 Å². The van der Waals surface area contributed by atoms with Crippen molar-refractivity contribution in [2.24, 2.45) is 11.0 Å². The molecule has 1 fully saturated rings. The van der Waals surface area contributed by atoms with E-state index in [1.807, 2.05) is 30.3 Å². The lowest BCUT2D eigenvalue weighted by molar-refractivity contribution is -0.156. The monoisotopic (exact) mass is 455 g/mol. The van der Waals surface area contributed by atoms with E-state index in [-0.39, 0.29) is 23.3 Å². The molecule has 7 heteroatoms. The van der Waals surface area contributed by atoms with Crippen LogP contribution in [0.5, 0.6) is 0 Å². The third-order valence-electron chi connectivity index (χ3n) is 6.32. The van der Waals surface area contributed by atoms with Crippen molar-refractivity contribution in [2.75, 3.05) is 19.6 Å². The zero-order chi connectivity index (χ0) is 23.4. The molecular formula is C26H31F2N3O2. The molecule has 1 unspecified atom stereocenters. The number of benzene rings is 2. The van der Waals surface area contributed by atoms with Gasteiger partial charge in [-0.05, 0) is 57.1 Å². The number of amides is 1. The first-order valence-corrected chi connectivity index (χ1v) is 11.8. The number of carbonyl (C=O) groups excluding carboxylic acids is 1. The maximum atomic E-state index is 14.6. The molecule has 1 saturated heterocycles. The van der Waals surface area contributed by atoms with E-state index in [0.29, 0.717) is 6.42 Å². The van der Waals surface area contributed by atoms with Gasteiger partial charge in [-0.3, -0.25) is 4.79 Å². The van der Waals surface area contributed by atoms with Gasteiger partial charge in [-0.1, -0.05) is 50.6 Å². The van der Waals surface area contributed by atoms with Crippen LogP contribution in [0.2, 0.25) is 0 Å². The van der Waals surface area contributed by atoms with E-state index in [4.69, 9.17) is 4.74 Å². The van der Waals surface area contributed by atoms with Crippen LogP contribution in [0, 0.1) is 17.6 Å². The SMILES string of the molecule is CC(C)C(=O)N1N=C(c2cc(F)ccc2F)OC1(CCCN1CCCCC1)c1ccccc1. The molecule has 2 aliphatic rings. The lowest BCUT2D eigenvalue weighted by atomic mass is 9.95. The molecule has 0 aromatic heterocycles. The molecule has 2 aromatic carbocycles. The number of rotatable bonds is 7. The van der Waals surface area contributed by atoms with Crippen molar-refractivity contribution in [3.63, 3.8) is 0 Å². The molecule has 5 nitrogen and oxygen atoms in total. The molecule has 0 saturated carbocycles. The van der Waals surface area contributed by atoms with Gasteiger partial charge in [0.1, 0.15) is 11.6 Å². The summed E-state index contributed by atoms with van der Waals surface area (Å²) in [6.45, 7) is 6.61. The maximum absolute atomic E-state index is 14.6. The Morgan fingerprint density at radius 2 is 1.82 bits per heavy atom. The number of hydrogen-bond acceptors (Lipinski definition) is 4. The first-order valence-electron chi connectivity index (χ1n) is 11.8. The van der Waals surface area contributed by atoms with Crippen LogP contribution >= 0.6 is 0 Å². The smallest absolute Gasteiger partial charge is 0.249 e. The van der Waals surface area contributed by atoms with Gasteiger partial charge >= 0.3 is 0 Å². The van der Waals surface area contributed by atoms with E-state index in [9.17, 15) is 13.6 Å². The van der Waals surface area contributed by atoms with Gasteiger partial charge in [0.25, 0.3) is 0 Å². The fourth-order valence-electron chi connectivity index (χ4n) is 4.54. The number of carbonyl (C=O) groups is 1.